The Morgan fingerprint density at radius 1 is 1.40 bits per heavy atom. The lowest BCUT2D eigenvalue weighted by molar-refractivity contribution is -0.115. The van der Waals surface area contributed by atoms with Gasteiger partial charge in [-0.1, -0.05) is 15.9 Å². The second-order valence-corrected chi connectivity index (χ2v) is 6.31. The molecule has 1 fully saturated rings. The van der Waals surface area contributed by atoms with Crippen LogP contribution >= 0.6 is 27.7 Å². The highest BCUT2D eigenvalue weighted by atomic mass is 79.9. The molecule has 0 atom stereocenters. The van der Waals surface area contributed by atoms with Gasteiger partial charge in [0.1, 0.15) is 0 Å². The second-order valence-electron chi connectivity index (χ2n) is 4.38. The number of halogens is 1. The monoisotopic (exact) mass is 350 g/mol. The third kappa shape index (κ3) is 2.29. The molecular weight excluding hydrogens is 340 g/mol. The summed E-state index contributed by atoms with van der Waals surface area (Å²) in [5, 5.41) is 3.01. The van der Waals surface area contributed by atoms with Crippen LogP contribution < -0.4 is 5.32 Å². The molecule has 2 aromatic rings. The highest BCUT2D eigenvalue weighted by Gasteiger charge is 2.25. The van der Waals surface area contributed by atoms with Crippen LogP contribution in [-0.2, 0) is 11.3 Å². The van der Waals surface area contributed by atoms with Crippen LogP contribution in [0.15, 0.2) is 33.8 Å². The van der Waals surface area contributed by atoms with E-state index in [1.54, 1.807) is 6.08 Å². The van der Waals surface area contributed by atoms with Gasteiger partial charge in [-0.05, 0) is 43.0 Å². The van der Waals surface area contributed by atoms with Crippen LogP contribution in [0.25, 0.3) is 17.0 Å². The van der Waals surface area contributed by atoms with E-state index in [1.165, 1.54) is 0 Å². The van der Waals surface area contributed by atoms with Crippen molar-refractivity contribution in [1.29, 1.82) is 0 Å². The summed E-state index contributed by atoms with van der Waals surface area (Å²) >= 11 is 4.40. The molecule has 0 saturated carbocycles. The normalized spacial score (nSPS) is 17.2. The molecule has 102 valence electrons. The van der Waals surface area contributed by atoms with Crippen LogP contribution in [0.2, 0.25) is 0 Å². The highest BCUT2D eigenvalue weighted by molar-refractivity contribution is 9.10. The van der Waals surface area contributed by atoms with Crippen LogP contribution in [0, 0.1) is 0 Å². The number of thioether (sulfide) groups is 1. The van der Waals surface area contributed by atoms with E-state index in [0.29, 0.717) is 4.91 Å². The fourth-order valence-electron chi connectivity index (χ4n) is 2.24. The van der Waals surface area contributed by atoms with E-state index in [1.807, 2.05) is 24.4 Å². The van der Waals surface area contributed by atoms with Gasteiger partial charge >= 0.3 is 0 Å². The molecule has 0 aliphatic carbocycles. The van der Waals surface area contributed by atoms with Gasteiger partial charge in [-0.15, -0.1) is 0 Å². The van der Waals surface area contributed by atoms with Crippen LogP contribution in [-0.4, -0.2) is 15.7 Å². The zero-order valence-electron chi connectivity index (χ0n) is 10.6. The molecule has 1 aliphatic rings. The molecule has 0 radical (unpaired) electrons. The lowest BCUT2D eigenvalue weighted by Crippen LogP contribution is -2.17. The van der Waals surface area contributed by atoms with Crippen molar-refractivity contribution in [2.45, 2.75) is 13.5 Å². The molecule has 0 spiro atoms. The summed E-state index contributed by atoms with van der Waals surface area (Å²) in [5.74, 6) is -0.326. The molecule has 3 rings (SSSR count). The summed E-state index contributed by atoms with van der Waals surface area (Å²) in [6.07, 6.45) is 3.77. The highest BCUT2D eigenvalue weighted by Crippen LogP contribution is 2.31. The van der Waals surface area contributed by atoms with E-state index in [2.05, 4.69) is 32.7 Å². The molecule has 1 aromatic carbocycles. The van der Waals surface area contributed by atoms with Crippen LogP contribution in [0.5, 0.6) is 0 Å². The number of aryl methyl sites for hydroxylation is 1. The number of rotatable bonds is 2. The molecular formula is C14H11BrN2O2S. The molecule has 20 heavy (non-hydrogen) atoms. The molecule has 2 heterocycles. The van der Waals surface area contributed by atoms with Gasteiger partial charge in [-0.2, -0.15) is 0 Å². The zero-order valence-corrected chi connectivity index (χ0v) is 13.0. The molecule has 1 N–H and O–H groups in total. The minimum Gasteiger partial charge on any atom is -0.347 e. The van der Waals surface area contributed by atoms with Gasteiger partial charge in [-0.25, -0.2) is 0 Å². The fourth-order valence-corrected chi connectivity index (χ4v) is 3.27. The van der Waals surface area contributed by atoms with Crippen molar-refractivity contribution in [3.05, 3.63) is 39.3 Å². The number of aromatic nitrogens is 1. The molecule has 1 aromatic heterocycles. The maximum absolute atomic E-state index is 11.6. The summed E-state index contributed by atoms with van der Waals surface area (Å²) < 4.78 is 3.10. The van der Waals surface area contributed by atoms with Crippen LogP contribution in [0.1, 0.15) is 12.5 Å². The summed E-state index contributed by atoms with van der Waals surface area (Å²) in [7, 11) is 0. The van der Waals surface area contributed by atoms with Crippen molar-refractivity contribution < 1.29 is 9.59 Å². The minimum absolute atomic E-state index is 0.318. The van der Waals surface area contributed by atoms with Crippen molar-refractivity contribution >= 4 is 55.8 Å². The van der Waals surface area contributed by atoms with Gasteiger partial charge in [0.2, 0.25) is 0 Å². The van der Waals surface area contributed by atoms with E-state index < -0.39 is 0 Å². The molecule has 0 unspecified atom stereocenters. The minimum atomic E-state index is -0.326. The first-order valence-electron chi connectivity index (χ1n) is 6.11. The number of nitrogens with zero attached hydrogens (tertiary/aromatic N) is 1. The summed E-state index contributed by atoms with van der Waals surface area (Å²) in [6, 6.07) is 6.05. The Morgan fingerprint density at radius 2 is 2.20 bits per heavy atom. The van der Waals surface area contributed by atoms with Gasteiger partial charge in [0.25, 0.3) is 11.1 Å². The van der Waals surface area contributed by atoms with Crippen molar-refractivity contribution in [2.75, 3.05) is 0 Å². The van der Waals surface area contributed by atoms with E-state index in [9.17, 15) is 9.59 Å². The topological polar surface area (TPSA) is 51.1 Å². The predicted molar refractivity (Wildman–Crippen MR) is 84.4 cm³/mol. The third-order valence-electron chi connectivity index (χ3n) is 3.14. The predicted octanol–water partition coefficient (Wildman–Crippen LogP) is 3.75. The van der Waals surface area contributed by atoms with Gasteiger partial charge in [-0.3, -0.25) is 14.9 Å². The Labute approximate surface area is 128 Å². The zero-order chi connectivity index (χ0) is 14.3. The maximum Gasteiger partial charge on any atom is 0.290 e. The maximum atomic E-state index is 11.6. The molecule has 6 heteroatoms. The molecule has 4 nitrogen and oxygen atoms in total. The number of nitrogens with one attached hydrogen (secondary N) is 1. The lowest BCUT2D eigenvalue weighted by atomic mass is 10.1. The molecule has 0 bridgehead atoms. The van der Waals surface area contributed by atoms with Gasteiger partial charge < -0.3 is 4.57 Å². The number of benzene rings is 1. The van der Waals surface area contributed by atoms with Gasteiger partial charge in [0, 0.05) is 33.7 Å². The van der Waals surface area contributed by atoms with Crippen LogP contribution in [0.4, 0.5) is 4.79 Å². The lowest BCUT2D eigenvalue weighted by Gasteiger charge is -1.99. The largest absolute Gasteiger partial charge is 0.347 e. The van der Waals surface area contributed by atoms with Gasteiger partial charge in [0.15, 0.2) is 0 Å². The van der Waals surface area contributed by atoms with Crippen molar-refractivity contribution in [2.24, 2.45) is 0 Å². The first-order valence-corrected chi connectivity index (χ1v) is 7.72. The SMILES string of the molecule is CCn1cc(/C=C2\SC(=O)NC2=O)c2cc(Br)ccc21. The standard InChI is InChI=1S/C14H11BrN2O2S/c1-2-17-7-8(5-12-13(18)16-14(19)20-12)10-6-9(15)3-4-11(10)17/h3-7H,2H2,1H3,(H,16,18,19)/b12-5-. The smallest absolute Gasteiger partial charge is 0.290 e. The number of hydrogen-bond acceptors (Lipinski definition) is 3. The Bertz CT molecular complexity index is 764. The first-order chi connectivity index (χ1) is 9.58. The summed E-state index contributed by atoms with van der Waals surface area (Å²) in [6.45, 7) is 2.92. The summed E-state index contributed by atoms with van der Waals surface area (Å²) in [4.78, 5) is 23.3. The van der Waals surface area contributed by atoms with Crippen LogP contribution in [0.3, 0.4) is 0 Å². The number of hydrogen-bond donors (Lipinski definition) is 1. The van der Waals surface area contributed by atoms with Crippen molar-refractivity contribution in [3.8, 4) is 0 Å². The Balaban J connectivity index is 2.16. The first kappa shape index (κ1) is 13.5. The molecule has 2 amide bonds. The average molecular weight is 351 g/mol. The number of fused-ring (bicyclic) bond motifs is 1. The second kappa shape index (κ2) is 5.10. The number of imide groups is 1. The quantitative estimate of drug-likeness (QED) is 0.839. The van der Waals surface area contributed by atoms with Crippen molar-refractivity contribution in [1.82, 2.24) is 9.88 Å². The third-order valence-corrected chi connectivity index (χ3v) is 4.45. The number of carbonyl (C=O) groups is 2. The van der Waals surface area contributed by atoms with E-state index in [-0.39, 0.29) is 11.1 Å². The molecule has 1 aliphatic heterocycles. The van der Waals surface area contributed by atoms with E-state index >= 15 is 0 Å². The van der Waals surface area contributed by atoms with Gasteiger partial charge in [0.05, 0.1) is 4.91 Å². The van der Waals surface area contributed by atoms with E-state index in [0.717, 1.165) is 39.2 Å². The van der Waals surface area contributed by atoms with E-state index in [4.69, 9.17) is 0 Å². The Hall–Kier alpha value is -1.53. The Kier molecular flexibility index (Phi) is 3.43. The fraction of sp³-hybridized carbons (Fsp3) is 0.143. The average Bonchev–Trinajstić information content (AvgIpc) is 2.90. The number of carbonyl (C=O) groups excluding carboxylic acids is 2. The van der Waals surface area contributed by atoms with Crippen molar-refractivity contribution in [3.63, 3.8) is 0 Å². The number of amides is 2. The Morgan fingerprint density at radius 3 is 2.85 bits per heavy atom. The molecule has 1 saturated heterocycles. The summed E-state index contributed by atoms with van der Waals surface area (Å²) in [5.41, 5.74) is 2.05.